The lowest BCUT2D eigenvalue weighted by molar-refractivity contribution is 0.326. The van der Waals surface area contributed by atoms with Crippen molar-refractivity contribution < 1.29 is 0 Å². The van der Waals surface area contributed by atoms with Gasteiger partial charge in [0.15, 0.2) is 5.82 Å². The highest BCUT2D eigenvalue weighted by molar-refractivity contribution is 5.47. The summed E-state index contributed by atoms with van der Waals surface area (Å²) in [4.78, 5) is 7.11. The van der Waals surface area contributed by atoms with Crippen LogP contribution in [0, 0.1) is 0 Å². The van der Waals surface area contributed by atoms with Gasteiger partial charge in [-0.1, -0.05) is 5.21 Å². The molecule has 7 nitrogen and oxygen atoms in total. The molecule has 2 aliphatic heterocycles. The molecule has 0 radical (unpaired) electrons. The minimum Gasteiger partial charge on any atom is -0.330 e. The Hall–Kier alpha value is -1.73. The predicted molar refractivity (Wildman–Crippen MR) is 97.3 cm³/mol. The van der Waals surface area contributed by atoms with Gasteiger partial charge in [0.1, 0.15) is 5.69 Å². The second-order valence-corrected chi connectivity index (χ2v) is 7.27. The first-order valence-electron chi connectivity index (χ1n) is 9.76. The van der Waals surface area contributed by atoms with E-state index in [1.807, 2.05) is 10.9 Å². The average molecular weight is 343 g/mol. The number of piperidine rings is 1. The monoisotopic (exact) mass is 343 g/mol. The van der Waals surface area contributed by atoms with Gasteiger partial charge in [0.25, 0.3) is 0 Å². The lowest BCUT2D eigenvalue weighted by Gasteiger charge is -2.22. The molecule has 2 aromatic heterocycles. The van der Waals surface area contributed by atoms with Crippen LogP contribution in [0.15, 0.2) is 18.6 Å². The molecule has 4 heterocycles. The highest BCUT2D eigenvalue weighted by Crippen LogP contribution is 2.21. The van der Waals surface area contributed by atoms with Crippen molar-refractivity contribution in [1.29, 1.82) is 0 Å². The molecule has 0 spiro atoms. The molecule has 0 saturated carbocycles. The Bertz CT molecular complexity index is 650. The molecule has 136 valence electrons. The Morgan fingerprint density at radius 1 is 1.08 bits per heavy atom. The van der Waals surface area contributed by atoms with Crippen molar-refractivity contribution in [3.8, 4) is 11.5 Å². The van der Waals surface area contributed by atoms with E-state index in [4.69, 9.17) is 0 Å². The number of rotatable bonds is 7. The van der Waals surface area contributed by atoms with Crippen LogP contribution in [-0.2, 0) is 6.54 Å². The number of aromatic nitrogens is 5. The Labute approximate surface area is 149 Å². The summed E-state index contributed by atoms with van der Waals surface area (Å²) in [6.07, 6.45) is 13.4. The maximum absolute atomic E-state index is 4.53. The summed E-state index contributed by atoms with van der Waals surface area (Å²) >= 11 is 0. The van der Waals surface area contributed by atoms with Crippen molar-refractivity contribution in [3.63, 3.8) is 0 Å². The van der Waals surface area contributed by atoms with Crippen LogP contribution in [0.4, 0.5) is 0 Å². The first-order chi connectivity index (χ1) is 12.4. The number of imidazole rings is 1. The number of aryl methyl sites for hydroxylation is 1. The van der Waals surface area contributed by atoms with Gasteiger partial charge < -0.3 is 14.8 Å². The zero-order valence-corrected chi connectivity index (χ0v) is 15.0. The van der Waals surface area contributed by atoms with Crippen molar-refractivity contribution >= 4 is 0 Å². The van der Waals surface area contributed by atoms with Gasteiger partial charge in [-0.25, -0.2) is 9.67 Å². The highest BCUT2D eigenvalue weighted by atomic mass is 15.4. The molecule has 0 unspecified atom stereocenters. The molecule has 0 bridgehead atoms. The van der Waals surface area contributed by atoms with E-state index < -0.39 is 0 Å². The smallest absolute Gasteiger partial charge is 0.162 e. The second-order valence-electron chi connectivity index (χ2n) is 7.27. The van der Waals surface area contributed by atoms with Crippen LogP contribution in [0.1, 0.15) is 44.6 Å². The van der Waals surface area contributed by atoms with Gasteiger partial charge in [0, 0.05) is 18.9 Å². The fourth-order valence-corrected chi connectivity index (χ4v) is 3.98. The maximum atomic E-state index is 4.53. The summed E-state index contributed by atoms with van der Waals surface area (Å²) in [6.45, 7) is 6.93. The van der Waals surface area contributed by atoms with Crippen LogP contribution < -0.4 is 5.32 Å². The van der Waals surface area contributed by atoms with Crippen LogP contribution in [0.25, 0.3) is 11.5 Å². The van der Waals surface area contributed by atoms with E-state index in [1.165, 1.54) is 45.3 Å². The predicted octanol–water partition coefficient (Wildman–Crippen LogP) is 1.94. The number of likely N-dealkylation sites (tertiary alicyclic amines) is 1. The number of hydrogen-bond donors (Lipinski definition) is 1. The topological polar surface area (TPSA) is 63.8 Å². The Morgan fingerprint density at radius 2 is 1.88 bits per heavy atom. The van der Waals surface area contributed by atoms with E-state index in [9.17, 15) is 0 Å². The van der Waals surface area contributed by atoms with Crippen molar-refractivity contribution in [2.24, 2.45) is 0 Å². The van der Waals surface area contributed by atoms with Crippen molar-refractivity contribution in [2.75, 3.05) is 32.7 Å². The Kier molecular flexibility index (Phi) is 5.42. The van der Waals surface area contributed by atoms with Crippen molar-refractivity contribution in [2.45, 2.75) is 51.1 Å². The van der Waals surface area contributed by atoms with Crippen LogP contribution in [0.2, 0.25) is 0 Å². The molecule has 0 aromatic carbocycles. The number of unbranched alkanes of at least 4 members (excludes halogenated alkanes) is 1. The molecular formula is C18H29N7. The van der Waals surface area contributed by atoms with Gasteiger partial charge in [-0.2, -0.15) is 0 Å². The zero-order chi connectivity index (χ0) is 16.9. The molecule has 25 heavy (non-hydrogen) atoms. The summed E-state index contributed by atoms with van der Waals surface area (Å²) in [7, 11) is 0. The molecule has 0 atom stereocenters. The van der Waals surface area contributed by atoms with Gasteiger partial charge in [-0.05, 0) is 71.2 Å². The SMILES string of the molecule is c1cn(CCCCN2CCCC2)c(-c2cn(C3CCNCC3)nn2)n1. The van der Waals surface area contributed by atoms with Crippen molar-refractivity contribution in [1.82, 2.24) is 34.8 Å². The Morgan fingerprint density at radius 3 is 2.72 bits per heavy atom. The van der Waals surface area contributed by atoms with Crippen LogP contribution in [-0.4, -0.2) is 62.2 Å². The first kappa shape index (κ1) is 16.7. The van der Waals surface area contributed by atoms with Gasteiger partial charge in [0.05, 0.1) is 12.2 Å². The third kappa shape index (κ3) is 4.10. The van der Waals surface area contributed by atoms with E-state index in [-0.39, 0.29) is 0 Å². The fourth-order valence-electron chi connectivity index (χ4n) is 3.98. The minimum absolute atomic E-state index is 0.464. The molecule has 2 fully saturated rings. The minimum atomic E-state index is 0.464. The molecule has 0 aliphatic carbocycles. The van der Waals surface area contributed by atoms with E-state index >= 15 is 0 Å². The van der Waals surface area contributed by atoms with Gasteiger partial charge in [0.2, 0.25) is 0 Å². The summed E-state index contributed by atoms with van der Waals surface area (Å²) in [5, 5.41) is 12.1. The maximum Gasteiger partial charge on any atom is 0.162 e. The van der Waals surface area contributed by atoms with Crippen LogP contribution >= 0.6 is 0 Å². The third-order valence-corrected chi connectivity index (χ3v) is 5.46. The average Bonchev–Trinajstić information content (AvgIpc) is 3.40. The van der Waals surface area contributed by atoms with Gasteiger partial charge in [-0.15, -0.1) is 5.10 Å². The third-order valence-electron chi connectivity index (χ3n) is 5.46. The lowest BCUT2D eigenvalue weighted by atomic mass is 10.1. The number of nitrogens with zero attached hydrogens (tertiary/aromatic N) is 6. The van der Waals surface area contributed by atoms with E-state index in [0.29, 0.717) is 6.04 Å². The van der Waals surface area contributed by atoms with E-state index in [0.717, 1.165) is 44.0 Å². The zero-order valence-electron chi connectivity index (χ0n) is 15.0. The summed E-state index contributed by atoms with van der Waals surface area (Å²) in [5.74, 6) is 0.946. The Balaban J connectivity index is 1.33. The van der Waals surface area contributed by atoms with Crippen LogP contribution in [0.5, 0.6) is 0 Å². The molecular weight excluding hydrogens is 314 g/mol. The van der Waals surface area contributed by atoms with Crippen LogP contribution in [0.3, 0.4) is 0 Å². The lowest BCUT2D eigenvalue weighted by Crippen LogP contribution is -2.29. The van der Waals surface area contributed by atoms with Gasteiger partial charge in [-0.3, -0.25) is 0 Å². The van der Waals surface area contributed by atoms with Crippen molar-refractivity contribution in [3.05, 3.63) is 18.6 Å². The molecule has 1 N–H and O–H groups in total. The highest BCUT2D eigenvalue weighted by Gasteiger charge is 2.18. The molecule has 7 heteroatoms. The largest absolute Gasteiger partial charge is 0.330 e. The molecule has 0 amide bonds. The fraction of sp³-hybridized carbons (Fsp3) is 0.722. The summed E-state index contributed by atoms with van der Waals surface area (Å²) < 4.78 is 4.25. The summed E-state index contributed by atoms with van der Waals surface area (Å²) in [6, 6.07) is 0.464. The first-order valence-corrected chi connectivity index (χ1v) is 9.76. The summed E-state index contributed by atoms with van der Waals surface area (Å²) in [5.41, 5.74) is 0.892. The normalized spacial score (nSPS) is 19.7. The molecule has 4 rings (SSSR count). The van der Waals surface area contributed by atoms with Gasteiger partial charge >= 0.3 is 0 Å². The quantitative estimate of drug-likeness (QED) is 0.779. The second kappa shape index (κ2) is 8.10. The van der Waals surface area contributed by atoms with E-state index in [2.05, 4.69) is 42.5 Å². The molecule has 2 aromatic rings. The molecule has 2 aliphatic rings. The standard InChI is InChI=1S/C18H29N7/c1-2-11-23(10-1)12-3-4-13-24-14-9-20-18(24)17-15-25(22-21-17)16-5-7-19-8-6-16/h9,14-16,19H,1-8,10-13H2. The van der Waals surface area contributed by atoms with E-state index in [1.54, 1.807) is 0 Å². The number of nitrogens with one attached hydrogen (secondary N) is 1. The number of hydrogen-bond acceptors (Lipinski definition) is 5. The molecule has 2 saturated heterocycles.